The lowest BCUT2D eigenvalue weighted by Crippen LogP contribution is -2.44. The highest BCUT2D eigenvalue weighted by Crippen LogP contribution is 2.40. The molecule has 0 saturated heterocycles. The molecule has 3 aromatic rings. The zero-order valence-corrected chi connectivity index (χ0v) is 17.3. The third-order valence-electron chi connectivity index (χ3n) is 5.15. The Morgan fingerprint density at radius 3 is 2.97 bits per heavy atom. The molecule has 0 fully saturated rings. The van der Waals surface area contributed by atoms with Gasteiger partial charge in [0.1, 0.15) is 18.2 Å². The number of nitrogens with one attached hydrogen (secondary N) is 1. The van der Waals surface area contributed by atoms with Crippen molar-refractivity contribution in [2.24, 2.45) is 7.05 Å². The van der Waals surface area contributed by atoms with Crippen molar-refractivity contribution < 1.29 is 18.7 Å². The van der Waals surface area contributed by atoms with E-state index in [2.05, 4.69) is 25.6 Å². The first-order chi connectivity index (χ1) is 15.0. The van der Waals surface area contributed by atoms with Crippen LogP contribution in [0.2, 0.25) is 5.02 Å². The molecule has 0 aliphatic carbocycles. The van der Waals surface area contributed by atoms with Crippen LogP contribution in [0.5, 0.6) is 11.5 Å². The van der Waals surface area contributed by atoms with Gasteiger partial charge in [-0.3, -0.25) is 4.79 Å². The molecule has 11 heteroatoms. The number of hydrogen-bond acceptors (Lipinski definition) is 7. The Kier molecular flexibility index (Phi) is 4.85. The van der Waals surface area contributed by atoms with Crippen molar-refractivity contribution in [3.05, 3.63) is 52.6 Å². The van der Waals surface area contributed by atoms with Gasteiger partial charge in [-0.1, -0.05) is 11.6 Å². The van der Waals surface area contributed by atoms with Crippen molar-refractivity contribution in [2.45, 2.75) is 19.0 Å². The van der Waals surface area contributed by atoms with E-state index in [1.54, 1.807) is 19.2 Å². The van der Waals surface area contributed by atoms with Gasteiger partial charge in [0, 0.05) is 19.0 Å². The van der Waals surface area contributed by atoms with E-state index in [1.165, 1.54) is 16.9 Å². The van der Waals surface area contributed by atoms with Crippen LogP contribution in [0.1, 0.15) is 11.4 Å². The highest BCUT2D eigenvalue weighted by atomic mass is 35.5. The maximum atomic E-state index is 13.8. The maximum absolute atomic E-state index is 13.8. The summed E-state index contributed by atoms with van der Waals surface area (Å²) >= 11 is 6.40. The zero-order chi connectivity index (χ0) is 21.5. The van der Waals surface area contributed by atoms with Crippen LogP contribution in [0.3, 0.4) is 0 Å². The number of carbonyl (C=O) groups is 1. The number of fused-ring (bicyclic) bond motifs is 2. The number of rotatable bonds is 4. The lowest BCUT2D eigenvalue weighted by Gasteiger charge is -2.38. The first kappa shape index (κ1) is 19.6. The van der Waals surface area contributed by atoms with Crippen molar-refractivity contribution in [3.8, 4) is 11.5 Å². The minimum absolute atomic E-state index is 0.0678. The highest BCUT2D eigenvalue weighted by Gasteiger charge is 2.30. The summed E-state index contributed by atoms with van der Waals surface area (Å²) in [5.74, 6) is 0.888. The number of nitrogens with zero attached hydrogens (tertiary/aromatic N) is 5. The summed E-state index contributed by atoms with van der Waals surface area (Å²) in [5, 5.41) is 15.4. The van der Waals surface area contributed by atoms with Crippen molar-refractivity contribution in [2.75, 3.05) is 23.4 Å². The molecule has 0 radical (unpaired) electrons. The van der Waals surface area contributed by atoms with Crippen molar-refractivity contribution in [1.82, 2.24) is 20.2 Å². The Hall–Kier alpha value is -3.40. The largest absolute Gasteiger partial charge is 0.489 e. The molecule has 160 valence electrons. The van der Waals surface area contributed by atoms with Crippen LogP contribution in [0.25, 0.3) is 0 Å². The molecule has 1 N–H and O–H groups in total. The molecule has 9 nitrogen and oxygen atoms in total. The summed E-state index contributed by atoms with van der Waals surface area (Å²) < 4.78 is 25.0. The maximum Gasteiger partial charge on any atom is 0.262 e. The molecule has 2 aromatic carbocycles. The van der Waals surface area contributed by atoms with Crippen LogP contribution in [-0.4, -0.2) is 45.4 Å². The van der Waals surface area contributed by atoms with Crippen LogP contribution in [0.4, 0.5) is 15.8 Å². The molecule has 3 heterocycles. The Morgan fingerprint density at radius 2 is 2.16 bits per heavy atom. The summed E-state index contributed by atoms with van der Waals surface area (Å²) in [4.78, 5) is 15.2. The number of halogens is 2. The van der Waals surface area contributed by atoms with Gasteiger partial charge < -0.3 is 19.7 Å². The van der Waals surface area contributed by atoms with E-state index in [4.69, 9.17) is 21.1 Å². The first-order valence-electron chi connectivity index (χ1n) is 9.63. The normalized spacial score (nSPS) is 17.3. The van der Waals surface area contributed by atoms with Gasteiger partial charge in [-0.2, -0.15) is 4.80 Å². The SMILES string of the molecule is Cn1nnc(CC2COc3cc(F)ccc3N2Cc2cc(Cl)c3c(c2)NC(=O)CO3)n1. The van der Waals surface area contributed by atoms with Gasteiger partial charge in [0.05, 0.1) is 29.5 Å². The van der Waals surface area contributed by atoms with Crippen LogP contribution < -0.4 is 19.7 Å². The van der Waals surface area contributed by atoms with Gasteiger partial charge in [0.15, 0.2) is 18.2 Å². The minimum Gasteiger partial charge on any atom is -0.489 e. The lowest BCUT2D eigenvalue weighted by atomic mass is 10.1. The van der Waals surface area contributed by atoms with E-state index < -0.39 is 0 Å². The Labute approximate surface area is 181 Å². The van der Waals surface area contributed by atoms with E-state index in [9.17, 15) is 9.18 Å². The third kappa shape index (κ3) is 3.86. The number of carbonyl (C=O) groups excluding carboxylic acids is 1. The van der Waals surface area contributed by atoms with E-state index in [-0.39, 0.29) is 24.4 Å². The molecule has 1 amide bonds. The molecule has 0 saturated carbocycles. The molecule has 5 rings (SSSR count). The summed E-state index contributed by atoms with van der Waals surface area (Å²) in [6.45, 7) is 0.699. The Morgan fingerprint density at radius 1 is 1.29 bits per heavy atom. The van der Waals surface area contributed by atoms with Crippen LogP contribution in [-0.2, 0) is 24.8 Å². The van der Waals surface area contributed by atoms with Crippen molar-refractivity contribution in [3.63, 3.8) is 0 Å². The average Bonchev–Trinajstić information content (AvgIpc) is 3.14. The summed E-state index contributed by atoms with van der Waals surface area (Å²) in [7, 11) is 1.70. The Balaban J connectivity index is 1.49. The summed E-state index contributed by atoms with van der Waals surface area (Å²) in [6.07, 6.45) is 0.489. The minimum atomic E-state index is -0.371. The van der Waals surface area contributed by atoms with Gasteiger partial charge in [0.25, 0.3) is 5.91 Å². The van der Waals surface area contributed by atoms with E-state index in [1.807, 2.05) is 6.07 Å². The predicted molar refractivity (Wildman–Crippen MR) is 110 cm³/mol. The second kappa shape index (κ2) is 7.69. The van der Waals surface area contributed by atoms with Gasteiger partial charge in [-0.15, -0.1) is 10.2 Å². The molecule has 1 atom stereocenters. The number of hydrogen-bond donors (Lipinski definition) is 1. The highest BCUT2D eigenvalue weighted by molar-refractivity contribution is 6.33. The molecular formula is C20H18ClFN6O3. The topological polar surface area (TPSA) is 94.4 Å². The van der Waals surface area contributed by atoms with Crippen molar-refractivity contribution >= 4 is 28.9 Å². The molecule has 0 spiro atoms. The second-order valence-corrected chi connectivity index (χ2v) is 7.80. The zero-order valence-electron chi connectivity index (χ0n) is 16.5. The van der Waals surface area contributed by atoms with Gasteiger partial charge in [-0.25, -0.2) is 4.39 Å². The van der Waals surface area contributed by atoms with Crippen LogP contribution in [0, 0.1) is 5.82 Å². The predicted octanol–water partition coefficient (Wildman–Crippen LogP) is 2.34. The summed E-state index contributed by atoms with van der Waals surface area (Å²) in [5.41, 5.74) is 2.12. The molecule has 2 aliphatic heterocycles. The first-order valence-corrected chi connectivity index (χ1v) is 10.0. The quantitative estimate of drug-likeness (QED) is 0.660. The fourth-order valence-corrected chi connectivity index (χ4v) is 4.11. The second-order valence-electron chi connectivity index (χ2n) is 7.40. The summed E-state index contributed by atoms with van der Waals surface area (Å²) in [6, 6.07) is 7.95. The van der Waals surface area contributed by atoms with Gasteiger partial charge >= 0.3 is 0 Å². The number of amides is 1. The van der Waals surface area contributed by atoms with E-state index >= 15 is 0 Å². The fraction of sp³-hybridized carbons (Fsp3) is 0.300. The Bertz CT molecular complexity index is 1170. The van der Waals surface area contributed by atoms with E-state index in [0.29, 0.717) is 47.6 Å². The standard InChI is InChI=1S/C20H18ClFN6O3/c1-27-25-18(24-26-27)7-13-9-30-17-6-12(22)2-3-16(17)28(13)8-11-4-14(21)20-15(5-11)23-19(29)10-31-20/h2-6,13H,7-10H2,1H3,(H,23,29). The monoisotopic (exact) mass is 444 g/mol. The number of aromatic nitrogens is 4. The van der Waals surface area contributed by atoms with Gasteiger partial charge in [0.2, 0.25) is 0 Å². The van der Waals surface area contributed by atoms with Crippen molar-refractivity contribution in [1.29, 1.82) is 0 Å². The van der Waals surface area contributed by atoms with Crippen LogP contribution in [0.15, 0.2) is 30.3 Å². The number of ether oxygens (including phenoxy) is 2. The molecular weight excluding hydrogens is 427 g/mol. The fourth-order valence-electron chi connectivity index (χ4n) is 3.81. The molecule has 1 unspecified atom stereocenters. The molecule has 0 bridgehead atoms. The number of aryl methyl sites for hydroxylation is 1. The molecule has 2 aliphatic rings. The smallest absolute Gasteiger partial charge is 0.262 e. The lowest BCUT2D eigenvalue weighted by molar-refractivity contribution is -0.118. The van der Waals surface area contributed by atoms with Gasteiger partial charge in [-0.05, 0) is 35.0 Å². The van der Waals surface area contributed by atoms with Crippen LogP contribution >= 0.6 is 11.6 Å². The number of anilines is 2. The number of benzene rings is 2. The molecule has 31 heavy (non-hydrogen) atoms. The molecule has 1 aromatic heterocycles. The average molecular weight is 445 g/mol. The number of tetrazole rings is 1. The third-order valence-corrected chi connectivity index (χ3v) is 5.43. The van der Waals surface area contributed by atoms with E-state index in [0.717, 1.165) is 11.3 Å².